The molecule has 4 rings (SSSR count). The van der Waals surface area contributed by atoms with E-state index in [0.717, 1.165) is 35.4 Å². The zero-order chi connectivity index (χ0) is 33.7. The molecule has 46 heavy (non-hydrogen) atoms. The van der Waals surface area contributed by atoms with Crippen molar-refractivity contribution in [3.05, 3.63) is 117 Å². The lowest BCUT2D eigenvalue weighted by molar-refractivity contribution is -0.249. The van der Waals surface area contributed by atoms with E-state index in [9.17, 15) is 15.8 Å². The molecule has 0 fully saturated rings. The van der Waals surface area contributed by atoms with Crippen LogP contribution in [-0.2, 0) is 16.8 Å². The number of nitriles is 3. The van der Waals surface area contributed by atoms with Crippen molar-refractivity contribution in [1.82, 2.24) is 0 Å². The molecular formula is C38H37F3N4O. The number of hydrogen-bond acceptors (Lipinski definition) is 5. The van der Waals surface area contributed by atoms with Gasteiger partial charge >= 0.3 is 6.18 Å². The van der Waals surface area contributed by atoms with E-state index in [1.54, 1.807) is 24.3 Å². The minimum absolute atomic E-state index is 0.241. The molecule has 0 spiro atoms. The maximum atomic E-state index is 15.4. The van der Waals surface area contributed by atoms with Crippen LogP contribution in [0.1, 0.15) is 63.6 Å². The highest BCUT2D eigenvalue weighted by Crippen LogP contribution is 2.56. The fourth-order valence-electron chi connectivity index (χ4n) is 6.11. The molecule has 1 aliphatic carbocycles. The van der Waals surface area contributed by atoms with Gasteiger partial charge in [0.25, 0.3) is 5.60 Å². The lowest BCUT2D eigenvalue weighted by Gasteiger charge is -2.35. The second-order valence-corrected chi connectivity index (χ2v) is 12.5. The predicted molar refractivity (Wildman–Crippen MR) is 174 cm³/mol. The van der Waals surface area contributed by atoms with Crippen molar-refractivity contribution in [3.8, 4) is 18.2 Å². The number of ether oxygens (including phenoxy) is 1. The van der Waals surface area contributed by atoms with E-state index in [-0.39, 0.29) is 11.0 Å². The largest absolute Gasteiger partial charge is 0.465 e. The average Bonchev–Trinajstić information content (AvgIpc) is 3.35. The maximum Gasteiger partial charge on any atom is 0.437 e. The van der Waals surface area contributed by atoms with Gasteiger partial charge in [0.05, 0.1) is 0 Å². The molecule has 236 valence electrons. The van der Waals surface area contributed by atoms with Crippen molar-refractivity contribution < 1.29 is 17.9 Å². The Labute approximate surface area is 269 Å². The number of hydrogen-bond donors (Lipinski definition) is 0. The lowest BCUT2D eigenvalue weighted by Crippen LogP contribution is -2.44. The highest BCUT2D eigenvalue weighted by molar-refractivity contribution is 5.64. The first-order valence-electron chi connectivity index (χ1n) is 15.3. The lowest BCUT2D eigenvalue weighted by atomic mass is 9.73. The van der Waals surface area contributed by atoms with E-state index in [1.165, 1.54) is 18.2 Å². The molecule has 0 saturated heterocycles. The molecule has 2 aromatic carbocycles. The topological polar surface area (TPSA) is 83.8 Å². The van der Waals surface area contributed by atoms with Gasteiger partial charge < -0.3 is 9.64 Å². The molecule has 0 radical (unpaired) electrons. The number of nitrogens with zero attached hydrogens (tertiary/aromatic N) is 4. The number of alkyl halides is 3. The fraction of sp³-hybridized carbons (Fsp3) is 0.342. The Morgan fingerprint density at radius 2 is 1.61 bits per heavy atom. The van der Waals surface area contributed by atoms with Crippen LogP contribution in [0, 0.1) is 39.4 Å². The van der Waals surface area contributed by atoms with Crippen LogP contribution >= 0.6 is 0 Å². The van der Waals surface area contributed by atoms with Crippen LogP contribution in [-0.4, -0.2) is 19.8 Å². The quantitative estimate of drug-likeness (QED) is 0.274. The average molecular weight is 623 g/mol. The normalized spacial score (nSPS) is 20.2. The van der Waals surface area contributed by atoms with Crippen LogP contribution in [0.4, 0.5) is 18.9 Å². The molecular weight excluding hydrogens is 585 g/mol. The molecule has 0 saturated carbocycles. The van der Waals surface area contributed by atoms with Gasteiger partial charge in [0.15, 0.2) is 11.3 Å². The Hall–Kier alpha value is -5.00. The number of benzene rings is 2. The van der Waals surface area contributed by atoms with Gasteiger partial charge in [-0.05, 0) is 71.6 Å². The molecule has 0 N–H and O–H groups in total. The van der Waals surface area contributed by atoms with E-state index in [4.69, 9.17) is 4.74 Å². The molecule has 1 unspecified atom stereocenters. The van der Waals surface area contributed by atoms with Gasteiger partial charge in [-0.2, -0.15) is 29.0 Å². The highest BCUT2D eigenvalue weighted by Gasteiger charge is 2.65. The highest BCUT2D eigenvalue weighted by atomic mass is 19.4. The molecule has 0 bridgehead atoms. The predicted octanol–water partition coefficient (Wildman–Crippen LogP) is 9.39. The van der Waals surface area contributed by atoms with E-state index >= 15 is 13.2 Å². The molecule has 1 aliphatic heterocycles. The van der Waals surface area contributed by atoms with Crippen molar-refractivity contribution >= 4 is 11.8 Å². The number of aryl methyl sites for hydroxylation is 1. The Balaban J connectivity index is 1.88. The Morgan fingerprint density at radius 1 is 0.957 bits per heavy atom. The van der Waals surface area contributed by atoms with E-state index in [0.29, 0.717) is 24.8 Å². The van der Waals surface area contributed by atoms with Gasteiger partial charge in [0.1, 0.15) is 23.8 Å². The zero-order valence-corrected chi connectivity index (χ0v) is 26.8. The summed E-state index contributed by atoms with van der Waals surface area (Å²) in [5, 5.41) is 29.4. The van der Waals surface area contributed by atoms with Crippen molar-refractivity contribution in [2.24, 2.45) is 5.41 Å². The van der Waals surface area contributed by atoms with E-state index in [2.05, 4.69) is 24.0 Å². The molecule has 0 amide bonds. The summed E-state index contributed by atoms with van der Waals surface area (Å²) in [5.74, 6) is -0.663. The third-order valence-corrected chi connectivity index (χ3v) is 8.31. The van der Waals surface area contributed by atoms with Crippen LogP contribution in [0.25, 0.3) is 6.08 Å². The summed E-state index contributed by atoms with van der Waals surface area (Å²) in [5.41, 5.74) is -0.826. The van der Waals surface area contributed by atoms with Crippen LogP contribution in [0.15, 0.2) is 100 Å². The Morgan fingerprint density at radius 3 is 2.15 bits per heavy atom. The second kappa shape index (κ2) is 13.6. The monoisotopic (exact) mass is 622 g/mol. The van der Waals surface area contributed by atoms with Crippen LogP contribution in [0.3, 0.4) is 0 Å². The van der Waals surface area contributed by atoms with Crippen LogP contribution in [0.2, 0.25) is 0 Å². The smallest absolute Gasteiger partial charge is 0.437 e. The molecule has 5 nitrogen and oxygen atoms in total. The summed E-state index contributed by atoms with van der Waals surface area (Å²) in [7, 11) is 2.05. The zero-order valence-electron chi connectivity index (χ0n) is 26.8. The number of anilines is 1. The molecule has 0 aromatic heterocycles. The molecule has 1 heterocycles. The van der Waals surface area contributed by atoms with E-state index < -0.39 is 34.3 Å². The number of halogens is 3. The first kappa shape index (κ1) is 33.9. The van der Waals surface area contributed by atoms with Gasteiger partial charge in [-0.25, -0.2) is 0 Å². The number of allylic oxidation sites excluding steroid dienone is 6. The van der Waals surface area contributed by atoms with Crippen LogP contribution in [0.5, 0.6) is 0 Å². The molecule has 2 aromatic rings. The number of rotatable bonds is 8. The first-order chi connectivity index (χ1) is 21.8. The fourth-order valence-corrected chi connectivity index (χ4v) is 6.11. The van der Waals surface area contributed by atoms with Gasteiger partial charge in [0.2, 0.25) is 0 Å². The minimum atomic E-state index is -5.04. The summed E-state index contributed by atoms with van der Waals surface area (Å²) >= 11 is 0. The second-order valence-electron chi connectivity index (χ2n) is 12.5. The maximum absolute atomic E-state index is 15.4. The summed E-state index contributed by atoms with van der Waals surface area (Å²) < 4.78 is 51.8. The van der Waals surface area contributed by atoms with Crippen LogP contribution < -0.4 is 4.90 Å². The van der Waals surface area contributed by atoms with Gasteiger partial charge in [0, 0.05) is 30.4 Å². The summed E-state index contributed by atoms with van der Waals surface area (Å²) in [6, 6.07) is 19.1. The Bertz CT molecular complexity index is 1740. The van der Waals surface area contributed by atoms with Crippen molar-refractivity contribution in [2.75, 3.05) is 18.5 Å². The first-order valence-corrected chi connectivity index (χ1v) is 15.3. The molecule has 2 aliphatic rings. The van der Waals surface area contributed by atoms with E-state index in [1.807, 2.05) is 64.2 Å². The standard InChI is InChI=1S/C38H37F3N4O/c1-6-18-45(5)32-16-12-27(13-17-32)8-9-28-19-29(22-36(3,4)21-28)20-34-33(25-44)35(30(23-42)24-43)46-37(34,38(39,40)41)31-14-10-26(7-2)11-15-31/h8-17,19-20H,6-7,18,21-22H2,1-5H3/b9-8+,29-20-. The molecule has 1 atom stereocenters. The SMILES string of the molecule is CCCN(C)c1ccc(/C=C/C2=CC(=C/C3=C(C#N)C(=C(C#N)C#N)OC3(c3ccc(CC)cc3)C(F)(F)F)/CC(C)(C)C2)cc1. The summed E-state index contributed by atoms with van der Waals surface area (Å²) in [4.78, 5) is 2.18. The third-order valence-electron chi connectivity index (χ3n) is 8.31. The summed E-state index contributed by atoms with van der Waals surface area (Å²) in [6.07, 6.45) is 4.93. The van der Waals surface area contributed by atoms with Gasteiger partial charge in [-0.3, -0.25) is 0 Å². The van der Waals surface area contributed by atoms with Gasteiger partial charge in [-0.15, -0.1) is 0 Å². The van der Waals surface area contributed by atoms with Crippen molar-refractivity contribution in [3.63, 3.8) is 0 Å². The molecule has 8 heteroatoms. The van der Waals surface area contributed by atoms with Crippen molar-refractivity contribution in [2.45, 2.75) is 65.2 Å². The third kappa shape index (κ3) is 6.80. The Kier molecular flexibility index (Phi) is 9.98. The minimum Gasteiger partial charge on any atom is -0.465 e. The van der Waals surface area contributed by atoms with Crippen molar-refractivity contribution in [1.29, 1.82) is 15.8 Å². The summed E-state index contributed by atoms with van der Waals surface area (Å²) in [6.45, 7) is 9.06. The van der Waals surface area contributed by atoms with Gasteiger partial charge in [-0.1, -0.05) is 82.3 Å².